The molecular weight excluding hydrogens is 287 g/mol. The van der Waals surface area contributed by atoms with E-state index in [2.05, 4.69) is 9.97 Å². The number of halogens is 1. The van der Waals surface area contributed by atoms with Gasteiger partial charge in [-0.1, -0.05) is 0 Å². The van der Waals surface area contributed by atoms with Crippen LogP contribution >= 0.6 is 0 Å². The predicted molar refractivity (Wildman–Crippen MR) is 78.2 cm³/mol. The van der Waals surface area contributed by atoms with Gasteiger partial charge >= 0.3 is 6.09 Å². The van der Waals surface area contributed by atoms with Crippen molar-refractivity contribution in [3.05, 3.63) is 48.5 Å². The lowest BCUT2D eigenvalue weighted by Crippen LogP contribution is -2.50. The van der Waals surface area contributed by atoms with E-state index in [1.807, 2.05) is 4.90 Å². The number of aromatic nitrogens is 2. The van der Waals surface area contributed by atoms with Gasteiger partial charge in [0, 0.05) is 38.6 Å². The summed E-state index contributed by atoms with van der Waals surface area (Å²) in [7, 11) is 0. The van der Waals surface area contributed by atoms with Gasteiger partial charge in [-0.15, -0.1) is 0 Å². The monoisotopic (exact) mass is 302 g/mol. The first-order valence-corrected chi connectivity index (χ1v) is 6.97. The van der Waals surface area contributed by atoms with Gasteiger partial charge in [0.2, 0.25) is 5.95 Å². The van der Waals surface area contributed by atoms with Crippen LogP contribution in [0.4, 0.5) is 15.1 Å². The smallest absolute Gasteiger partial charge is 0.410 e. The maximum atomic E-state index is 12.8. The number of hydrogen-bond acceptors (Lipinski definition) is 5. The van der Waals surface area contributed by atoms with E-state index in [0.717, 1.165) is 0 Å². The zero-order valence-corrected chi connectivity index (χ0v) is 11.9. The van der Waals surface area contributed by atoms with E-state index in [4.69, 9.17) is 4.74 Å². The number of carbonyl (C=O) groups is 1. The Hall–Kier alpha value is -2.70. The normalized spacial score (nSPS) is 14.8. The van der Waals surface area contributed by atoms with Crippen LogP contribution in [-0.2, 0) is 0 Å². The van der Waals surface area contributed by atoms with Gasteiger partial charge in [0.15, 0.2) is 0 Å². The van der Waals surface area contributed by atoms with Gasteiger partial charge in [-0.2, -0.15) is 0 Å². The average Bonchev–Trinajstić information content (AvgIpc) is 2.58. The highest BCUT2D eigenvalue weighted by molar-refractivity contribution is 5.71. The molecule has 1 fully saturated rings. The van der Waals surface area contributed by atoms with Crippen molar-refractivity contribution in [3.63, 3.8) is 0 Å². The molecule has 0 radical (unpaired) electrons. The summed E-state index contributed by atoms with van der Waals surface area (Å²) in [5.74, 6) is 0.630. The number of nitrogens with zero attached hydrogens (tertiary/aromatic N) is 4. The van der Waals surface area contributed by atoms with Crippen LogP contribution in [0.25, 0.3) is 0 Å². The van der Waals surface area contributed by atoms with Crippen molar-refractivity contribution in [3.8, 4) is 5.75 Å². The van der Waals surface area contributed by atoms with Crippen LogP contribution < -0.4 is 9.64 Å². The number of anilines is 1. The van der Waals surface area contributed by atoms with E-state index in [9.17, 15) is 9.18 Å². The van der Waals surface area contributed by atoms with Crippen molar-refractivity contribution in [1.82, 2.24) is 14.9 Å². The van der Waals surface area contributed by atoms with E-state index in [1.54, 1.807) is 23.4 Å². The first-order chi connectivity index (χ1) is 10.7. The maximum Gasteiger partial charge on any atom is 0.415 e. The van der Waals surface area contributed by atoms with E-state index in [-0.39, 0.29) is 5.82 Å². The first-order valence-electron chi connectivity index (χ1n) is 6.97. The zero-order valence-electron chi connectivity index (χ0n) is 11.9. The largest absolute Gasteiger partial charge is 0.415 e. The highest BCUT2D eigenvalue weighted by Gasteiger charge is 2.23. The number of rotatable bonds is 2. The summed E-state index contributed by atoms with van der Waals surface area (Å²) in [5, 5.41) is 0. The summed E-state index contributed by atoms with van der Waals surface area (Å²) >= 11 is 0. The average molecular weight is 302 g/mol. The number of ether oxygens (including phenoxy) is 1. The van der Waals surface area contributed by atoms with Gasteiger partial charge in [-0.3, -0.25) is 0 Å². The van der Waals surface area contributed by atoms with Crippen LogP contribution in [0.5, 0.6) is 5.75 Å². The highest BCUT2D eigenvalue weighted by Crippen LogP contribution is 2.14. The first kappa shape index (κ1) is 14.2. The molecule has 1 aromatic carbocycles. The van der Waals surface area contributed by atoms with Crippen LogP contribution in [0.2, 0.25) is 0 Å². The molecule has 3 rings (SSSR count). The molecule has 7 heteroatoms. The maximum absolute atomic E-state index is 12.8. The van der Waals surface area contributed by atoms with Gasteiger partial charge < -0.3 is 14.5 Å². The van der Waals surface area contributed by atoms with Crippen LogP contribution in [0.15, 0.2) is 42.7 Å². The number of hydrogen-bond donors (Lipinski definition) is 0. The molecule has 0 saturated carbocycles. The van der Waals surface area contributed by atoms with Crippen molar-refractivity contribution in [2.24, 2.45) is 0 Å². The van der Waals surface area contributed by atoms with Crippen LogP contribution in [-0.4, -0.2) is 47.1 Å². The summed E-state index contributed by atoms with van der Waals surface area (Å²) in [5.41, 5.74) is 0. The molecule has 0 aliphatic carbocycles. The molecule has 6 nitrogen and oxygen atoms in total. The van der Waals surface area contributed by atoms with Crippen molar-refractivity contribution < 1.29 is 13.9 Å². The van der Waals surface area contributed by atoms with Gasteiger partial charge in [0.05, 0.1) is 0 Å². The fourth-order valence-electron chi connectivity index (χ4n) is 2.21. The lowest BCUT2D eigenvalue weighted by Gasteiger charge is -2.33. The van der Waals surface area contributed by atoms with Crippen molar-refractivity contribution in [2.45, 2.75) is 0 Å². The zero-order chi connectivity index (χ0) is 15.4. The molecule has 114 valence electrons. The Morgan fingerprint density at radius 2 is 1.68 bits per heavy atom. The third-order valence-electron chi connectivity index (χ3n) is 3.39. The van der Waals surface area contributed by atoms with Gasteiger partial charge in [0.25, 0.3) is 0 Å². The summed E-state index contributed by atoms with van der Waals surface area (Å²) in [6.45, 7) is 2.33. The molecule has 22 heavy (non-hydrogen) atoms. The molecule has 2 heterocycles. The Bertz CT molecular complexity index is 628. The second kappa shape index (κ2) is 6.38. The quantitative estimate of drug-likeness (QED) is 0.848. The Balaban J connectivity index is 1.54. The number of benzene rings is 1. The Morgan fingerprint density at radius 3 is 2.32 bits per heavy atom. The van der Waals surface area contributed by atoms with E-state index < -0.39 is 6.09 Å². The van der Waals surface area contributed by atoms with Crippen molar-refractivity contribution in [1.29, 1.82) is 0 Å². The van der Waals surface area contributed by atoms with Crippen LogP contribution in [0, 0.1) is 5.82 Å². The molecule has 0 bridgehead atoms. The highest BCUT2D eigenvalue weighted by atomic mass is 19.1. The molecule has 1 amide bonds. The Labute approximate surface area is 127 Å². The topological polar surface area (TPSA) is 58.6 Å². The lowest BCUT2D eigenvalue weighted by atomic mass is 10.3. The molecule has 2 aromatic rings. The van der Waals surface area contributed by atoms with E-state index in [1.165, 1.54) is 24.3 Å². The summed E-state index contributed by atoms with van der Waals surface area (Å²) in [6, 6.07) is 7.14. The lowest BCUT2D eigenvalue weighted by molar-refractivity contribution is 0.149. The molecule has 0 unspecified atom stereocenters. The Morgan fingerprint density at radius 1 is 1.05 bits per heavy atom. The van der Waals surface area contributed by atoms with Gasteiger partial charge in [0.1, 0.15) is 11.6 Å². The Kier molecular flexibility index (Phi) is 4.13. The van der Waals surface area contributed by atoms with E-state index in [0.29, 0.717) is 37.9 Å². The minimum Gasteiger partial charge on any atom is -0.410 e. The summed E-state index contributed by atoms with van der Waals surface area (Å²) < 4.78 is 18.0. The summed E-state index contributed by atoms with van der Waals surface area (Å²) in [6.07, 6.45) is 2.95. The molecule has 0 atom stereocenters. The van der Waals surface area contributed by atoms with Crippen molar-refractivity contribution in [2.75, 3.05) is 31.1 Å². The molecule has 1 aromatic heterocycles. The third kappa shape index (κ3) is 3.30. The number of carbonyl (C=O) groups excluding carboxylic acids is 1. The van der Waals surface area contributed by atoms with Gasteiger partial charge in [-0.25, -0.2) is 19.2 Å². The number of amides is 1. The standard InChI is InChI=1S/C15H15FN4O2/c16-12-2-4-13(5-3-12)22-15(21)20-10-8-19(9-11-20)14-17-6-1-7-18-14/h1-7H,8-11H2. The predicted octanol–water partition coefficient (Wildman–Crippen LogP) is 1.94. The molecule has 1 saturated heterocycles. The minimum absolute atomic E-state index is 0.334. The molecule has 0 N–H and O–H groups in total. The van der Waals surface area contributed by atoms with Crippen LogP contribution in [0.3, 0.4) is 0 Å². The minimum atomic E-state index is -0.430. The molecular formula is C15H15FN4O2. The fraction of sp³-hybridized carbons (Fsp3) is 0.267. The fourth-order valence-corrected chi connectivity index (χ4v) is 2.21. The van der Waals surface area contributed by atoms with E-state index >= 15 is 0 Å². The van der Waals surface area contributed by atoms with Crippen molar-refractivity contribution >= 4 is 12.0 Å². The van der Waals surface area contributed by atoms with Crippen LogP contribution in [0.1, 0.15) is 0 Å². The third-order valence-corrected chi connectivity index (χ3v) is 3.39. The molecule has 1 aliphatic rings. The second-order valence-electron chi connectivity index (χ2n) is 4.84. The SMILES string of the molecule is O=C(Oc1ccc(F)cc1)N1CCN(c2ncccn2)CC1. The molecule has 0 spiro atoms. The van der Waals surface area contributed by atoms with Gasteiger partial charge in [-0.05, 0) is 30.3 Å². The number of piperazine rings is 1. The summed E-state index contributed by atoms with van der Waals surface area (Å²) in [4.78, 5) is 24.1. The second-order valence-corrected chi connectivity index (χ2v) is 4.84. The molecule has 1 aliphatic heterocycles.